The van der Waals surface area contributed by atoms with E-state index in [9.17, 15) is 18.4 Å². The molecule has 1 aromatic carbocycles. The van der Waals surface area contributed by atoms with Crippen molar-refractivity contribution in [2.75, 3.05) is 66.5 Å². The van der Waals surface area contributed by atoms with Crippen LogP contribution in [0.25, 0.3) is 0 Å². The maximum atomic E-state index is 14.9. The highest BCUT2D eigenvalue weighted by Gasteiger charge is 2.48. The van der Waals surface area contributed by atoms with E-state index in [-0.39, 0.29) is 24.3 Å². The SMILES string of the molecule is CCN(CCOC)NC(=O)c1ccc(NCN=CC2=C(NC)N(C3CCCCC3)CC(F)(F)C(=O)N2C)c(OC)c1. The number of carbonyl (C=O) groups excluding carboxylic acids is 2. The van der Waals surface area contributed by atoms with Crippen LogP contribution in [0.4, 0.5) is 14.5 Å². The van der Waals surface area contributed by atoms with Crippen LogP contribution in [-0.4, -0.2) is 106 Å². The molecule has 0 unspecified atom stereocenters. The summed E-state index contributed by atoms with van der Waals surface area (Å²) in [6.07, 6.45) is 6.03. The van der Waals surface area contributed by atoms with Crippen molar-refractivity contribution in [3.63, 3.8) is 0 Å². The van der Waals surface area contributed by atoms with Crippen LogP contribution in [0, 0.1) is 0 Å². The minimum atomic E-state index is -3.53. The maximum absolute atomic E-state index is 14.9. The van der Waals surface area contributed by atoms with E-state index >= 15 is 0 Å². The van der Waals surface area contributed by atoms with Crippen LogP contribution in [0.5, 0.6) is 5.75 Å². The van der Waals surface area contributed by atoms with Crippen LogP contribution in [-0.2, 0) is 9.53 Å². The molecule has 0 bridgehead atoms. The van der Waals surface area contributed by atoms with Gasteiger partial charge in [0.15, 0.2) is 0 Å². The Morgan fingerprint density at radius 1 is 1.24 bits per heavy atom. The molecule has 0 spiro atoms. The largest absolute Gasteiger partial charge is 0.495 e. The van der Waals surface area contributed by atoms with Crippen LogP contribution >= 0.6 is 0 Å². The molecule has 2 aliphatic rings. The summed E-state index contributed by atoms with van der Waals surface area (Å²) in [5.41, 5.74) is 4.13. The molecule has 1 saturated carbocycles. The number of rotatable bonds is 13. The third kappa shape index (κ3) is 8.07. The fourth-order valence-electron chi connectivity index (χ4n) is 5.09. The Morgan fingerprint density at radius 2 is 1.98 bits per heavy atom. The van der Waals surface area contributed by atoms with E-state index < -0.39 is 18.4 Å². The molecule has 0 saturated heterocycles. The van der Waals surface area contributed by atoms with E-state index in [1.54, 1.807) is 42.3 Å². The smallest absolute Gasteiger partial charge is 0.342 e. The normalized spacial score (nSPS) is 18.2. The molecule has 1 fully saturated rings. The van der Waals surface area contributed by atoms with E-state index in [4.69, 9.17) is 9.47 Å². The second-order valence-corrected chi connectivity index (χ2v) is 10.0. The van der Waals surface area contributed by atoms with Gasteiger partial charge in [-0.15, -0.1) is 0 Å². The fraction of sp³-hybridized carbons (Fsp3) is 0.607. The van der Waals surface area contributed by atoms with Crippen LogP contribution in [0.1, 0.15) is 49.4 Å². The van der Waals surface area contributed by atoms with Gasteiger partial charge in [-0.25, -0.2) is 5.01 Å². The second kappa shape index (κ2) is 15.0. The summed E-state index contributed by atoms with van der Waals surface area (Å²) in [5.74, 6) is -4.18. The summed E-state index contributed by atoms with van der Waals surface area (Å²) in [6, 6.07) is 4.91. The maximum Gasteiger partial charge on any atom is 0.342 e. The minimum Gasteiger partial charge on any atom is -0.495 e. The summed E-state index contributed by atoms with van der Waals surface area (Å²) in [4.78, 5) is 32.4. The highest BCUT2D eigenvalue weighted by molar-refractivity contribution is 5.95. The van der Waals surface area contributed by atoms with Crippen LogP contribution < -0.4 is 20.8 Å². The molecule has 2 amide bonds. The lowest BCUT2D eigenvalue weighted by Crippen LogP contribution is -2.48. The van der Waals surface area contributed by atoms with Gasteiger partial charge in [0, 0.05) is 45.9 Å². The van der Waals surface area contributed by atoms with Crippen molar-refractivity contribution in [2.24, 2.45) is 4.99 Å². The van der Waals surface area contributed by atoms with E-state index in [2.05, 4.69) is 21.1 Å². The number of carbonyl (C=O) groups is 2. The van der Waals surface area contributed by atoms with Crippen molar-refractivity contribution < 1.29 is 27.8 Å². The van der Waals surface area contributed by atoms with Crippen molar-refractivity contribution in [2.45, 2.75) is 51.0 Å². The Bertz CT molecular complexity index is 1110. The predicted molar refractivity (Wildman–Crippen MR) is 154 cm³/mol. The third-order valence-corrected chi connectivity index (χ3v) is 7.37. The molecule has 41 heavy (non-hydrogen) atoms. The average Bonchev–Trinajstić information content (AvgIpc) is 3.05. The van der Waals surface area contributed by atoms with Crippen LogP contribution in [0.2, 0.25) is 0 Å². The molecule has 3 rings (SSSR count). The number of methoxy groups -OCH3 is 2. The lowest BCUT2D eigenvalue weighted by Gasteiger charge is -2.37. The van der Waals surface area contributed by atoms with E-state index in [1.807, 2.05) is 6.92 Å². The van der Waals surface area contributed by atoms with Gasteiger partial charge in [0.25, 0.3) is 11.8 Å². The van der Waals surface area contributed by atoms with E-state index in [0.717, 1.165) is 37.0 Å². The topological polar surface area (TPSA) is 111 Å². The van der Waals surface area contributed by atoms with Crippen molar-refractivity contribution in [3.05, 3.63) is 35.3 Å². The number of anilines is 1. The van der Waals surface area contributed by atoms with Gasteiger partial charge in [-0.2, -0.15) is 8.78 Å². The summed E-state index contributed by atoms with van der Waals surface area (Å²) < 4.78 is 40.4. The Balaban J connectivity index is 1.76. The summed E-state index contributed by atoms with van der Waals surface area (Å²) >= 11 is 0. The molecule has 13 heteroatoms. The number of nitrogens with zero attached hydrogens (tertiary/aromatic N) is 4. The van der Waals surface area contributed by atoms with Crippen molar-refractivity contribution in [1.29, 1.82) is 0 Å². The first kappa shape index (κ1) is 32.1. The van der Waals surface area contributed by atoms with E-state index in [1.165, 1.54) is 20.4 Å². The third-order valence-electron chi connectivity index (χ3n) is 7.37. The van der Waals surface area contributed by atoms with Crippen LogP contribution in [0.3, 0.4) is 0 Å². The zero-order valence-electron chi connectivity index (χ0n) is 24.6. The minimum absolute atomic E-state index is 0.0743. The first-order valence-electron chi connectivity index (χ1n) is 14.0. The summed E-state index contributed by atoms with van der Waals surface area (Å²) in [6.45, 7) is 2.99. The molecule has 1 heterocycles. The lowest BCUT2D eigenvalue weighted by atomic mass is 9.94. The van der Waals surface area contributed by atoms with E-state index in [0.29, 0.717) is 42.5 Å². The Kier molecular flexibility index (Phi) is 11.7. The van der Waals surface area contributed by atoms with Crippen molar-refractivity contribution in [3.8, 4) is 5.75 Å². The molecule has 3 N–H and O–H groups in total. The van der Waals surface area contributed by atoms with Gasteiger partial charge < -0.3 is 29.9 Å². The van der Waals surface area contributed by atoms with Gasteiger partial charge in [0.2, 0.25) is 0 Å². The number of amides is 2. The van der Waals surface area contributed by atoms with Gasteiger partial charge in [-0.3, -0.25) is 20.0 Å². The Hall–Kier alpha value is -3.45. The number of halogens is 2. The summed E-state index contributed by atoms with van der Waals surface area (Å²) in [7, 11) is 6.11. The zero-order valence-corrected chi connectivity index (χ0v) is 24.6. The molecule has 11 nitrogen and oxygen atoms in total. The molecular weight excluding hydrogens is 536 g/mol. The van der Waals surface area contributed by atoms with Gasteiger partial charge in [-0.05, 0) is 31.0 Å². The van der Waals surface area contributed by atoms with Crippen LogP contribution in [0.15, 0.2) is 34.7 Å². The number of allylic oxidation sites excluding steroid dienone is 1. The van der Waals surface area contributed by atoms with Gasteiger partial charge in [0.05, 0.1) is 32.2 Å². The molecule has 0 atom stereocenters. The van der Waals surface area contributed by atoms with Gasteiger partial charge >= 0.3 is 5.92 Å². The molecule has 1 aliphatic carbocycles. The lowest BCUT2D eigenvalue weighted by molar-refractivity contribution is -0.154. The molecule has 1 aromatic rings. The summed E-state index contributed by atoms with van der Waals surface area (Å²) in [5, 5.41) is 7.93. The quantitative estimate of drug-likeness (QED) is 0.242. The number of nitrogens with one attached hydrogen (secondary N) is 3. The number of likely N-dealkylation sites (N-methyl/N-ethyl adjacent to an activating group) is 1. The molecule has 1 aliphatic heterocycles. The molecule has 0 aromatic heterocycles. The van der Waals surface area contributed by atoms with Gasteiger partial charge in [-0.1, -0.05) is 26.2 Å². The zero-order chi connectivity index (χ0) is 30.0. The predicted octanol–water partition coefficient (Wildman–Crippen LogP) is 2.88. The second-order valence-electron chi connectivity index (χ2n) is 10.0. The highest BCUT2D eigenvalue weighted by atomic mass is 19.3. The van der Waals surface area contributed by atoms with Crippen molar-refractivity contribution in [1.82, 2.24) is 25.6 Å². The Labute approximate surface area is 240 Å². The standard InChI is InChI=1S/C28H43F2N7O4/c1-6-36(14-15-40-4)34-26(38)20-12-13-22(24(16-20)41-5)33-19-32-17-23-25(31-2)37(21-10-8-7-9-11-21)18-28(29,30)27(39)35(23)3/h12-13,16-17,21,31,33H,6-11,14-15,18-19H2,1-5H3,(H,34,38). The first-order valence-corrected chi connectivity index (χ1v) is 14.0. The monoisotopic (exact) mass is 579 g/mol. The highest BCUT2D eigenvalue weighted by Crippen LogP contribution is 2.33. The number of alkyl halides is 2. The fourth-order valence-corrected chi connectivity index (χ4v) is 5.09. The average molecular weight is 580 g/mol. The number of hydrogen-bond acceptors (Lipinski definition) is 9. The number of hydrazine groups is 1. The van der Waals surface area contributed by atoms with Gasteiger partial charge in [0.1, 0.15) is 23.9 Å². The number of hydrogen-bond donors (Lipinski definition) is 3. The Morgan fingerprint density at radius 3 is 2.61 bits per heavy atom. The number of aliphatic imine (C=N–C) groups is 1. The molecule has 0 radical (unpaired) electrons. The molecular formula is C28H43F2N7O4. The molecule has 228 valence electrons. The number of ether oxygens (including phenoxy) is 2. The number of benzene rings is 1. The van der Waals surface area contributed by atoms with Crippen molar-refractivity contribution >= 4 is 23.7 Å². The first-order chi connectivity index (χ1) is 19.7.